The molecule has 0 unspecified atom stereocenters. The molecule has 3 rings (SSSR count). The molecule has 0 spiro atoms. The Kier molecular flexibility index (Phi) is 6.33. The smallest absolute Gasteiger partial charge is 0.293 e. The molecule has 0 aromatic heterocycles. The number of anilines is 1. The number of nitro benzene ring substituents is 1. The number of nitrogens with one attached hydrogen (secondary N) is 3. The van der Waals surface area contributed by atoms with Crippen molar-refractivity contribution in [3.63, 3.8) is 0 Å². The molecule has 9 heteroatoms. The molecule has 0 aliphatic rings. The lowest BCUT2D eigenvalue weighted by Gasteiger charge is -2.10. The summed E-state index contributed by atoms with van der Waals surface area (Å²) in [6.07, 6.45) is 0. The van der Waals surface area contributed by atoms with E-state index in [0.29, 0.717) is 6.54 Å². The lowest BCUT2D eigenvalue weighted by atomic mass is 10.1. The van der Waals surface area contributed by atoms with Crippen molar-refractivity contribution in [3.8, 4) is 0 Å². The predicted molar refractivity (Wildman–Crippen MR) is 108 cm³/mol. The van der Waals surface area contributed by atoms with Crippen LogP contribution >= 0.6 is 0 Å². The van der Waals surface area contributed by atoms with Crippen LogP contribution in [0.4, 0.5) is 15.8 Å². The van der Waals surface area contributed by atoms with Crippen LogP contribution in [0.5, 0.6) is 0 Å². The molecule has 2 amide bonds. The quantitative estimate of drug-likeness (QED) is 0.427. The van der Waals surface area contributed by atoms with E-state index in [1.165, 1.54) is 24.3 Å². The van der Waals surface area contributed by atoms with Gasteiger partial charge in [-0.1, -0.05) is 30.3 Å². The molecule has 0 saturated heterocycles. The summed E-state index contributed by atoms with van der Waals surface area (Å²) < 4.78 is 12.9. The van der Waals surface area contributed by atoms with Crippen LogP contribution in [0, 0.1) is 15.9 Å². The number of hydrogen-bond acceptors (Lipinski definition) is 5. The Labute approximate surface area is 170 Å². The van der Waals surface area contributed by atoms with Crippen molar-refractivity contribution in [2.45, 2.75) is 6.54 Å². The van der Waals surface area contributed by atoms with Crippen molar-refractivity contribution < 1.29 is 18.9 Å². The number of carbonyl (C=O) groups excluding carboxylic acids is 2. The highest BCUT2D eigenvalue weighted by atomic mass is 19.1. The van der Waals surface area contributed by atoms with Gasteiger partial charge in [-0.2, -0.15) is 0 Å². The number of carbonyl (C=O) groups is 2. The first-order valence-corrected chi connectivity index (χ1v) is 8.86. The zero-order valence-electron chi connectivity index (χ0n) is 15.6. The Balaban J connectivity index is 1.67. The zero-order valence-corrected chi connectivity index (χ0v) is 15.6. The van der Waals surface area contributed by atoms with E-state index in [0.717, 1.165) is 23.8 Å². The largest absolute Gasteiger partial charge is 0.375 e. The van der Waals surface area contributed by atoms with Crippen LogP contribution in [-0.2, 0) is 6.54 Å². The molecule has 30 heavy (non-hydrogen) atoms. The third kappa shape index (κ3) is 5.16. The molecule has 0 saturated carbocycles. The highest BCUT2D eigenvalue weighted by Crippen LogP contribution is 2.26. The van der Waals surface area contributed by atoms with E-state index in [1.807, 2.05) is 30.3 Å². The Hall–Kier alpha value is -4.27. The van der Waals surface area contributed by atoms with Crippen molar-refractivity contribution in [3.05, 3.63) is 105 Å². The van der Waals surface area contributed by atoms with Crippen LogP contribution in [0.1, 0.15) is 26.3 Å². The third-order valence-corrected chi connectivity index (χ3v) is 4.18. The maximum atomic E-state index is 12.9. The summed E-state index contributed by atoms with van der Waals surface area (Å²) in [6.45, 7) is 0.376. The molecule has 0 atom stereocenters. The maximum Gasteiger partial charge on any atom is 0.293 e. The van der Waals surface area contributed by atoms with Crippen LogP contribution in [0.3, 0.4) is 0 Å². The summed E-state index contributed by atoms with van der Waals surface area (Å²) >= 11 is 0. The number of nitro groups is 1. The molecule has 3 N–H and O–H groups in total. The summed E-state index contributed by atoms with van der Waals surface area (Å²) in [5.41, 5.74) is 5.42. The van der Waals surface area contributed by atoms with Crippen molar-refractivity contribution in [2.75, 3.05) is 5.32 Å². The zero-order chi connectivity index (χ0) is 21.5. The normalized spacial score (nSPS) is 10.2. The van der Waals surface area contributed by atoms with Gasteiger partial charge >= 0.3 is 0 Å². The highest BCUT2D eigenvalue weighted by Gasteiger charge is 2.18. The van der Waals surface area contributed by atoms with Crippen molar-refractivity contribution in [1.82, 2.24) is 10.9 Å². The summed E-state index contributed by atoms with van der Waals surface area (Å²) in [7, 11) is 0. The van der Waals surface area contributed by atoms with Crippen LogP contribution in [0.2, 0.25) is 0 Å². The van der Waals surface area contributed by atoms with Gasteiger partial charge in [0.15, 0.2) is 0 Å². The second-order valence-electron chi connectivity index (χ2n) is 6.24. The van der Waals surface area contributed by atoms with Gasteiger partial charge in [0.1, 0.15) is 11.5 Å². The van der Waals surface area contributed by atoms with Gasteiger partial charge in [-0.15, -0.1) is 0 Å². The molecule has 3 aromatic rings. The highest BCUT2D eigenvalue weighted by molar-refractivity contribution is 5.99. The first-order valence-electron chi connectivity index (χ1n) is 8.86. The summed E-state index contributed by atoms with van der Waals surface area (Å²) in [4.78, 5) is 35.1. The van der Waals surface area contributed by atoms with E-state index < -0.39 is 22.6 Å². The lowest BCUT2D eigenvalue weighted by Crippen LogP contribution is -2.41. The second-order valence-corrected chi connectivity index (χ2v) is 6.24. The minimum Gasteiger partial charge on any atom is -0.375 e. The molecule has 0 radical (unpaired) electrons. The van der Waals surface area contributed by atoms with Crippen LogP contribution in [0.15, 0.2) is 72.8 Å². The predicted octanol–water partition coefficient (Wildman–Crippen LogP) is 3.42. The van der Waals surface area contributed by atoms with E-state index in [9.17, 15) is 24.1 Å². The number of rotatable bonds is 6. The minimum atomic E-state index is -0.733. The average molecular weight is 408 g/mol. The molecule has 0 heterocycles. The number of hydrazine groups is 1. The van der Waals surface area contributed by atoms with Gasteiger partial charge in [-0.3, -0.25) is 30.6 Å². The van der Waals surface area contributed by atoms with E-state index in [1.54, 1.807) is 0 Å². The van der Waals surface area contributed by atoms with E-state index in [-0.39, 0.29) is 22.5 Å². The van der Waals surface area contributed by atoms with Crippen LogP contribution in [0.25, 0.3) is 0 Å². The van der Waals surface area contributed by atoms with E-state index in [4.69, 9.17) is 0 Å². The molecule has 0 bridgehead atoms. The number of nitrogens with zero attached hydrogens (tertiary/aromatic N) is 1. The van der Waals surface area contributed by atoms with Gasteiger partial charge in [0, 0.05) is 23.7 Å². The fraction of sp³-hybridized carbons (Fsp3) is 0.0476. The van der Waals surface area contributed by atoms with Crippen LogP contribution in [-0.4, -0.2) is 16.7 Å². The maximum absolute atomic E-state index is 12.9. The second kappa shape index (κ2) is 9.28. The molecule has 152 valence electrons. The first-order chi connectivity index (χ1) is 14.4. The van der Waals surface area contributed by atoms with Gasteiger partial charge in [-0.05, 0) is 42.0 Å². The van der Waals surface area contributed by atoms with Crippen molar-refractivity contribution in [2.24, 2.45) is 0 Å². The Morgan fingerprint density at radius 2 is 1.47 bits per heavy atom. The van der Waals surface area contributed by atoms with Gasteiger partial charge < -0.3 is 5.32 Å². The average Bonchev–Trinajstić information content (AvgIpc) is 2.76. The van der Waals surface area contributed by atoms with Gasteiger partial charge in [0.25, 0.3) is 17.5 Å². The first kappa shape index (κ1) is 20.5. The van der Waals surface area contributed by atoms with Crippen molar-refractivity contribution >= 4 is 23.2 Å². The number of benzene rings is 3. The fourth-order valence-corrected chi connectivity index (χ4v) is 2.63. The summed E-state index contributed by atoms with van der Waals surface area (Å²) in [5, 5.41) is 14.4. The Bertz CT molecular complexity index is 1070. The number of amides is 2. The van der Waals surface area contributed by atoms with Gasteiger partial charge in [0.2, 0.25) is 0 Å². The molecule has 0 fully saturated rings. The van der Waals surface area contributed by atoms with Gasteiger partial charge in [0.05, 0.1) is 4.92 Å². The SMILES string of the molecule is O=C(NNC(=O)c1ccc(NCc2ccccc2)c([N+](=O)[O-])c1)c1ccc(F)cc1. The lowest BCUT2D eigenvalue weighted by molar-refractivity contribution is -0.384. The minimum absolute atomic E-state index is 0.00799. The molecular weight excluding hydrogens is 391 g/mol. The monoisotopic (exact) mass is 408 g/mol. The molecular formula is C21H17FN4O4. The summed E-state index contributed by atoms with van der Waals surface area (Å²) in [5.74, 6) is -1.88. The van der Waals surface area contributed by atoms with Crippen LogP contribution < -0.4 is 16.2 Å². The Morgan fingerprint density at radius 3 is 2.10 bits per heavy atom. The summed E-state index contributed by atoms with van der Waals surface area (Å²) in [6, 6.07) is 18.0. The Morgan fingerprint density at radius 1 is 0.867 bits per heavy atom. The topological polar surface area (TPSA) is 113 Å². The standard InChI is InChI=1S/C21H17FN4O4/c22-17-9-6-15(7-10-17)20(27)24-25-21(28)16-8-11-18(19(12-16)26(29)30)23-13-14-4-2-1-3-5-14/h1-12,23H,13H2,(H,24,27)(H,25,28). The van der Waals surface area contributed by atoms with Gasteiger partial charge in [-0.25, -0.2) is 4.39 Å². The molecule has 3 aromatic carbocycles. The number of halogens is 1. The van der Waals surface area contributed by atoms with E-state index in [2.05, 4.69) is 16.2 Å². The third-order valence-electron chi connectivity index (χ3n) is 4.18. The number of hydrogen-bond donors (Lipinski definition) is 3. The van der Waals surface area contributed by atoms with Crippen molar-refractivity contribution in [1.29, 1.82) is 0 Å². The molecule has 0 aliphatic carbocycles. The molecule has 0 aliphatic heterocycles. The molecule has 8 nitrogen and oxygen atoms in total. The fourth-order valence-electron chi connectivity index (χ4n) is 2.63. The van der Waals surface area contributed by atoms with E-state index >= 15 is 0 Å².